The molecular formula is C33H52N2O4. The van der Waals surface area contributed by atoms with E-state index in [2.05, 4.69) is 43.5 Å². The maximum absolute atomic E-state index is 11.2. The summed E-state index contributed by atoms with van der Waals surface area (Å²) in [5.74, 6) is -1.43. The van der Waals surface area contributed by atoms with Gasteiger partial charge in [-0.3, -0.25) is 9.36 Å². The SMILES string of the molecule is CCCCC/C=C\C/C=C\CCCCCCCC.COc1ccc2c(c1)c(C(O)(O)C1CCCN1)cn2C=O. The number of aliphatic hydroxyl groups is 2. The predicted octanol–water partition coefficient (Wildman–Crippen LogP) is 7.40. The third kappa shape index (κ3) is 10.9. The van der Waals surface area contributed by atoms with Crippen LogP contribution in [0.25, 0.3) is 10.9 Å². The van der Waals surface area contributed by atoms with E-state index in [4.69, 9.17) is 4.74 Å². The fraction of sp³-hybridized carbons (Fsp3) is 0.606. The van der Waals surface area contributed by atoms with Crippen LogP contribution in [-0.2, 0) is 10.6 Å². The molecule has 218 valence electrons. The Morgan fingerprint density at radius 1 is 0.974 bits per heavy atom. The molecule has 1 unspecified atom stereocenters. The molecule has 3 N–H and O–H groups in total. The van der Waals surface area contributed by atoms with Crippen LogP contribution in [0.1, 0.15) is 109 Å². The summed E-state index contributed by atoms with van der Waals surface area (Å²) in [7, 11) is 1.54. The number of allylic oxidation sites excluding steroid dienone is 4. The highest BCUT2D eigenvalue weighted by atomic mass is 16.5. The largest absolute Gasteiger partial charge is 0.497 e. The first kappa shape index (κ1) is 32.8. The number of nitrogens with one attached hydrogen (secondary N) is 1. The molecule has 2 heterocycles. The highest BCUT2D eigenvalue weighted by Crippen LogP contribution is 2.35. The van der Waals surface area contributed by atoms with E-state index in [1.165, 1.54) is 81.4 Å². The van der Waals surface area contributed by atoms with Crippen LogP contribution in [0.5, 0.6) is 5.75 Å². The zero-order valence-electron chi connectivity index (χ0n) is 24.5. The van der Waals surface area contributed by atoms with Gasteiger partial charge in [0.2, 0.25) is 12.2 Å². The van der Waals surface area contributed by atoms with Crippen LogP contribution >= 0.6 is 0 Å². The first-order valence-electron chi connectivity index (χ1n) is 15.1. The number of benzene rings is 1. The summed E-state index contributed by atoms with van der Waals surface area (Å²) in [6, 6.07) is 4.72. The lowest BCUT2D eigenvalue weighted by Gasteiger charge is -2.28. The van der Waals surface area contributed by atoms with Crippen LogP contribution in [-0.4, -0.2) is 40.9 Å². The molecule has 1 saturated heterocycles. The van der Waals surface area contributed by atoms with Crippen LogP contribution in [0.4, 0.5) is 0 Å². The number of methoxy groups -OCH3 is 1. The molecule has 0 saturated carbocycles. The van der Waals surface area contributed by atoms with Crippen molar-refractivity contribution < 1.29 is 19.7 Å². The molecular weight excluding hydrogens is 488 g/mol. The van der Waals surface area contributed by atoms with E-state index in [0.29, 0.717) is 35.0 Å². The van der Waals surface area contributed by atoms with E-state index in [1.807, 2.05) is 0 Å². The third-order valence-corrected chi connectivity index (χ3v) is 7.40. The van der Waals surface area contributed by atoms with Gasteiger partial charge in [0.1, 0.15) is 5.75 Å². The average Bonchev–Trinajstić information content (AvgIpc) is 3.62. The first-order chi connectivity index (χ1) is 19.0. The normalized spacial score (nSPS) is 15.8. The summed E-state index contributed by atoms with van der Waals surface area (Å²) in [5.41, 5.74) is 0.925. The van der Waals surface area contributed by atoms with E-state index in [1.54, 1.807) is 25.3 Å². The number of aromatic nitrogens is 1. The Morgan fingerprint density at radius 3 is 2.23 bits per heavy atom. The van der Waals surface area contributed by atoms with Crippen molar-refractivity contribution >= 4 is 17.3 Å². The number of hydrogen-bond donors (Lipinski definition) is 3. The predicted molar refractivity (Wildman–Crippen MR) is 163 cm³/mol. The minimum absolute atomic E-state index is 0.308. The fourth-order valence-electron chi connectivity index (χ4n) is 5.02. The number of unbranched alkanes of at least 4 members (excludes halogenated alkanes) is 9. The van der Waals surface area contributed by atoms with Gasteiger partial charge in [0.25, 0.3) is 0 Å². The monoisotopic (exact) mass is 540 g/mol. The Kier molecular flexibility index (Phi) is 15.8. The van der Waals surface area contributed by atoms with Crippen LogP contribution in [0.15, 0.2) is 48.7 Å². The van der Waals surface area contributed by atoms with Crippen LogP contribution in [0, 0.1) is 0 Å². The van der Waals surface area contributed by atoms with E-state index in [9.17, 15) is 15.0 Å². The number of hydrogen-bond acceptors (Lipinski definition) is 5. The van der Waals surface area contributed by atoms with Crippen molar-refractivity contribution in [3.05, 3.63) is 54.3 Å². The number of carbonyl (C=O) groups is 1. The fourth-order valence-corrected chi connectivity index (χ4v) is 5.02. The molecule has 0 spiro atoms. The van der Waals surface area contributed by atoms with Gasteiger partial charge in [-0.05, 0) is 69.7 Å². The van der Waals surface area contributed by atoms with Crippen LogP contribution in [0.2, 0.25) is 0 Å². The lowest BCUT2D eigenvalue weighted by atomic mass is 9.96. The molecule has 1 fully saturated rings. The molecule has 1 aliphatic heterocycles. The Morgan fingerprint density at radius 2 is 1.62 bits per heavy atom. The second-order valence-corrected chi connectivity index (χ2v) is 10.5. The summed E-state index contributed by atoms with van der Waals surface area (Å²) in [6.07, 6.45) is 29.1. The van der Waals surface area contributed by atoms with Gasteiger partial charge in [0, 0.05) is 17.1 Å². The maximum Gasteiger partial charge on any atom is 0.218 e. The third-order valence-electron chi connectivity index (χ3n) is 7.40. The molecule has 6 nitrogen and oxygen atoms in total. The molecule has 6 heteroatoms. The topological polar surface area (TPSA) is 83.7 Å². The summed E-state index contributed by atoms with van der Waals surface area (Å²) in [4.78, 5) is 11.2. The average molecular weight is 541 g/mol. The van der Waals surface area contributed by atoms with E-state index in [-0.39, 0.29) is 0 Å². The van der Waals surface area contributed by atoms with Crippen molar-refractivity contribution in [2.75, 3.05) is 13.7 Å². The molecule has 0 aliphatic carbocycles. The second kappa shape index (κ2) is 18.8. The zero-order chi connectivity index (χ0) is 28.3. The van der Waals surface area contributed by atoms with Crippen molar-refractivity contribution in [1.82, 2.24) is 9.88 Å². The van der Waals surface area contributed by atoms with Crippen molar-refractivity contribution in [2.24, 2.45) is 0 Å². The zero-order valence-corrected chi connectivity index (χ0v) is 24.5. The lowest BCUT2D eigenvalue weighted by Crippen LogP contribution is -2.45. The van der Waals surface area contributed by atoms with Gasteiger partial charge < -0.3 is 20.3 Å². The van der Waals surface area contributed by atoms with E-state index >= 15 is 0 Å². The molecule has 3 rings (SSSR count). The molecule has 0 amide bonds. The van der Waals surface area contributed by atoms with Gasteiger partial charge in [-0.1, -0.05) is 83.1 Å². The minimum Gasteiger partial charge on any atom is -0.497 e. The van der Waals surface area contributed by atoms with E-state index in [0.717, 1.165) is 19.4 Å². The second-order valence-electron chi connectivity index (χ2n) is 10.5. The number of carbonyl (C=O) groups excluding carboxylic acids is 1. The summed E-state index contributed by atoms with van der Waals surface area (Å²) < 4.78 is 6.53. The molecule has 1 atom stereocenters. The summed E-state index contributed by atoms with van der Waals surface area (Å²) in [6.45, 7) is 5.29. The van der Waals surface area contributed by atoms with Gasteiger partial charge in [0.05, 0.1) is 18.7 Å². The molecule has 39 heavy (non-hydrogen) atoms. The molecule has 0 radical (unpaired) electrons. The Bertz CT molecular complexity index is 1000. The highest BCUT2D eigenvalue weighted by molar-refractivity contribution is 5.90. The first-order valence-corrected chi connectivity index (χ1v) is 15.1. The standard InChI is InChI=1S/C18H34.C15H18N2O4/c1-3-5-7-9-11-13-15-17-18-16-14-12-10-8-6-4-2;1-21-10-4-5-13-11(7-10)12(8-17(13)9-18)15(19,20)14-3-2-6-16-14/h11,13,17-18H,3-10,12,14-16H2,1-2H3;4-5,7-9,14,16,19-20H,2-3,6H2,1H3/b13-11-,18-17-;. The summed E-state index contributed by atoms with van der Waals surface area (Å²) in [5, 5.41) is 24.8. The molecule has 0 bridgehead atoms. The van der Waals surface area contributed by atoms with Crippen molar-refractivity contribution in [3.63, 3.8) is 0 Å². The number of rotatable bonds is 17. The number of fused-ring (bicyclic) bond motifs is 1. The Hall–Kier alpha value is -2.41. The van der Waals surface area contributed by atoms with Crippen LogP contribution < -0.4 is 10.1 Å². The molecule has 1 aromatic carbocycles. The number of ether oxygens (including phenoxy) is 1. The maximum atomic E-state index is 11.2. The van der Waals surface area contributed by atoms with Crippen molar-refractivity contribution in [3.8, 4) is 5.75 Å². The van der Waals surface area contributed by atoms with E-state index < -0.39 is 11.8 Å². The van der Waals surface area contributed by atoms with Gasteiger partial charge in [-0.15, -0.1) is 0 Å². The van der Waals surface area contributed by atoms with Gasteiger partial charge in [0.15, 0.2) is 0 Å². The Labute approximate surface area is 236 Å². The van der Waals surface area contributed by atoms with Crippen molar-refractivity contribution in [2.45, 2.75) is 116 Å². The van der Waals surface area contributed by atoms with Crippen molar-refractivity contribution in [1.29, 1.82) is 0 Å². The molecule has 1 aromatic heterocycles. The van der Waals surface area contributed by atoms with Crippen LogP contribution in [0.3, 0.4) is 0 Å². The molecule has 1 aliphatic rings. The minimum atomic E-state index is -2.03. The lowest BCUT2D eigenvalue weighted by molar-refractivity contribution is -0.188. The molecule has 2 aromatic rings. The Balaban J connectivity index is 0.000000278. The van der Waals surface area contributed by atoms with Gasteiger partial charge in [-0.2, -0.15) is 0 Å². The summed E-state index contributed by atoms with van der Waals surface area (Å²) >= 11 is 0. The van der Waals surface area contributed by atoms with Gasteiger partial charge in [-0.25, -0.2) is 0 Å². The smallest absolute Gasteiger partial charge is 0.218 e. The highest BCUT2D eigenvalue weighted by Gasteiger charge is 2.40. The quantitative estimate of drug-likeness (QED) is 0.0843. The number of nitrogens with zero attached hydrogens (tertiary/aromatic N) is 1. The van der Waals surface area contributed by atoms with Gasteiger partial charge >= 0.3 is 0 Å².